The molecular weight excluding hydrogens is 231 g/mol. The molecule has 0 spiro atoms. The third-order valence-corrected chi connectivity index (χ3v) is 4.95. The summed E-state index contributed by atoms with van der Waals surface area (Å²) in [7, 11) is 0. The smallest absolute Gasteiger partial charge is 0.187 e. The molecule has 0 aliphatic carbocycles. The summed E-state index contributed by atoms with van der Waals surface area (Å²) < 4.78 is 5.89. The minimum atomic E-state index is 0.610. The van der Waals surface area contributed by atoms with Crippen LogP contribution in [-0.4, -0.2) is 13.3 Å². The number of hydrogen-bond acceptors (Lipinski definition) is 1. The molecular formula is C17H23BO. The van der Waals surface area contributed by atoms with Gasteiger partial charge in [0.25, 0.3) is 0 Å². The van der Waals surface area contributed by atoms with Crippen molar-refractivity contribution in [1.82, 2.24) is 0 Å². The van der Waals surface area contributed by atoms with Gasteiger partial charge in [-0.15, -0.1) is 0 Å². The Kier molecular flexibility index (Phi) is 3.96. The number of rotatable bonds is 4. The van der Waals surface area contributed by atoms with Gasteiger partial charge in [0.2, 0.25) is 0 Å². The topological polar surface area (TPSA) is 9.23 Å². The van der Waals surface area contributed by atoms with Gasteiger partial charge in [0, 0.05) is 0 Å². The van der Waals surface area contributed by atoms with Crippen LogP contribution >= 0.6 is 0 Å². The standard InChI is InChI=1S/C17H23BO/c1-2-13-19-17-12-4-3-11-16(17)18-14-7-5-8-15(18)10-6-9-14/h2-4,11-12,14-15H,1,5-10,13H2. The van der Waals surface area contributed by atoms with E-state index < -0.39 is 0 Å². The minimum absolute atomic E-state index is 0.610. The second kappa shape index (κ2) is 5.86. The quantitative estimate of drug-likeness (QED) is 0.581. The Bertz CT molecular complexity index is 421. The zero-order chi connectivity index (χ0) is 13.1. The van der Waals surface area contributed by atoms with E-state index in [0.29, 0.717) is 6.61 Å². The molecule has 2 heterocycles. The molecule has 1 aromatic rings. The van der Waals surface area contributed by atoms with Gasteiger partial charge in [0.15, 0.2) is 6.71 Å². The summed E-state index contributed by atoms with van der Waals surface area (Å²) in [5.74, 6) is 2.87. The van der Waals surface area contributed by atoms with Crippen molar-refractivity contribution < 1.29 is 4.74 Å². The Labute approximate surface area is 117 Å². The normalized spacial score (nSPS) is 26.0. The fourth-order valence-corrected chi connectivity index (χ4v) is 4.22. The van der Waals surface area contributed by atoms with Gasteiger partial charge < -0.3 is 4.74 Å². The van der Waals surface area contributed by atoms with Crippen LogP contribution in [0, 0.1) is 0 Å². The van der Waals surface area contributed by atoms with Crippen molar-refractivity contribution in [2.75, 3.05) is 6.61 Å². The maximum absolute atomic E-state index is 5.89. The van der Waals surface area contributed by atoms with E-state index in [1.165, 1.54) is 44.0 Å². The van der Waals surface area contributed by atoms with Crippen LogP contribution in [0.15, 0.2) is 36.9 Å². The first kappa shape index (κ1) is 12.8. The molecule has 0 aromatic heterocycles. The Morgan fingerprint density at radius 2 is 1.74 bits per heavy atom. The second-order valence-corrected chi connectivity index (χ2v) is 6.05. The lowest BCUT2D eigenvalue weighted by Gasteiger charge is -2.41. The zero-order valence-electron chi connectivity index (χ0n) is 11.7. The minimum Gasteiger partial charge on any atom is -0.490 e. The van der Waals surface area contributed by atoms with E-state index in [9.17, 15) is 0 Å². The van der Waals surface area contributed by atoms with Crippen molar-refractivity contribution >= 4 is 12.2 Å². The predicted molar refractivity (Wildman–Crippen MR) is 82.7 cm³/mol. The van der Waals surface area contributed by atoms with Crippen molar-refractivity contribution in [3.05, 3.63) is 36.9 Å². The maximum Gasteiger partial charge on any atom is 0.187 e. The summed E-state index contributed by atoms with van der Waals surface area (Å²) in [6.45, 7) is 5.10. The summed E-state index contributed by atoms with van der Waals surface area (Å²) in [5.41, 5.74) is 1.46. The van der Waals surface area contributed by atoms with Crippen molar-refractivity contribution in [2.45, 2.75) is 50.2 Å². The van der Waals surface area contributed by atoms with Crippen molar-refractivity contribution in [2.24, 2.45) is 0 Å². The molecule has 2 heteroatoms. The van der Waals surface area contributed by atoms with Crippen molar-refractivity contribution in [1.29, 1.82) is 0 Å². The van der Waals surface area contributed by atoms with E-state index in [-0.39, 0.29) is 0 Å². The monoisotopic (exact) mass is 254 g/mol. The van der Waals surface area contributed by atoms with Crippen LogP contribution in [0.25, 0.3) is 0 Å². The molecule has 2 bridgehead atoms. The van der Waals surface area contributed by atoms with Crippen molar-refractivity contribution in [3.8, 4) is 5.75 Å². The number of ether oxygens (including phenoxy) is 1. The number of benzene rings is 1. The third-order valence-electron chi connectivity index (χ3n) is 4.95. The number of para-hydroxylation sites is 1. The Balaban J connectivity index is 1.89. The van der Waals surface area contributed by atoms with Gasteiger partial charge in [0.1, 0.15) is 12.4 Å². The summed E-state index contributed by atoms with van der Waals surface area (Å²) in [5, 5.41) is 0. The van der Waals surface area contributed by atoms with Gasteiger partial charge in [-0.05, 0) is 11.5 Å². The first-order valence-electron chi connectivity index (χ1n) is 7.72. The lowest BCUT2D eigenvalue weighted by Crippen LogP contribution is -2.44. The SMILES string of the molecule is C=CCOc1ccccc1B1C2CCCC1CCC2. The average molecular weight is 254 g/mol. The van der Waals surface area contributed by atoms with Crippen LogP contribution in [0.4, 0.5) is 0 Å². The molecule has 2 aliphatic heterocycles. The summed E-state index contributed by atoms with van der Waals surface area (Å²) in [4.78, 5) is 0. The largest absolute Gasteiger partial charge is 0.490 e. The lowest BCUT2D eigenvalue weighted by atomic mass is 9.24. The molecule has 19 heavy (non-hydrogen) atoms. The van der Waals surface area contributed by atoms with E-state index >= 15 is 0 Å². The molecule has 1 nitrogen and oxygen atoms in total. The second-order valence-electron chi connectivity index (χ2n) is 6.05. The average Bonchev–Trinajstić information content (AvgIpc) is 2.44. The molecule has 0 saturated carbocycles. The first-order chi connectivity index (χ1) is 9.40. The van der Waals surface area contributed by atoms with Crippen LogP contribution in [0.2, 0.25) is 11.6 Å². The van der Waals surface area contributed by atoms with Gasteiger partial charge in [-0.3, -0.25) is 0 Å². The summed E-state index contributed by atoms with van der Waals surface area (Å²) in [6.07, 6.45) is 10.4. The van der Waals surface area contributed by atoms with Crippen molar-refractivity contribution in [3.63, 3.8) is 0 Å². The molecule has 2 fully saturated rings. The molecule has 100 valence electrons. The molecule has 2 aliphatic rings. The third kappa shape index (κ3) is 2.58. The fourth-order valence-electron chi connectivity index (χ4n) is 4.22. The van der Waals surface area contributed by atoms with E-state index in [4.69, 9.17) is 4.74 Å². The van der Waals surface area contributed by atoms with Crippen LogP contribution < -0.4 is 10.2 Å². The fraction of sp³-hybridized carbons (Fsp3) is 0.529. The highest BCUT2D eigenvalue weighted by Gasteiger charge is 2.41. The van der Waals surface area contributed by atoms with Gasteiger partial charge in [-0.1, -0.05) is 81.0 Å². The highest BCUT2D eigenvalue weighted by atomic mass is 16.5. The molecule has 1 aromatic carbocycles. The van der Waals surface area contributed by atoms with Crippen LogP contribution in [0.1, 0.15) is 38.5 Å². The molecule has 2 saturated heterocycles. The molecule has 0 radical (unpaired) electrons. The Morgan fingerprint density at radius 1 is 1.11 bits per heavy atom. The molecule has 0 unspecified atom stereocenters. The predicted octanol–water partition coefficient (Wildman–Crippen LogP) is 4.06. The van der Waals surface area contributed by atoms with Gasteiger partial charge in [-0.25, -0.2) is 0 Å². The molecule has 3 rings (SSSR count). The highest BCUT2D eigenvalue weighted by molar-refractivity contribution is 6.77. The zero-order valence-corrected chi connectivity index (χ0v) is 11.7. The Hall–Kier alpha value is -1.18. The van der Waals surface area contributed by atoms with E-state index in [1.807, 2.05) is 6.08 Å². The van der Waals surface area contributed by atoms with Gasteiger partial charge in [-0.2, -0.15) is 0 Å². The summed E-state index contributed by atoms with van der Waals surface area (Å²) >= 11 is 0. The molecule has 0 amide bonds. The van der Waals surface area contributed by atoms with Gasteiger partial charge in [0.05, 0.1) is 0 Å². The Morgan fingerprint density at radius 3 is 2.37 bits per heavy atom. The van der Waals surface area contributed by atoms with Crippen LogP contribution in [0.5, 0.6) is 5.75 Å². The van der Waals surface area contributed by atoms with Crippen LogP contribution in [0.3, 0.4) is 0 Å². The first-order valence-corrected chi connectivity index (χ1v) is 7.72. The van der Waals surface area contributed by atoms with Gasteiger partial charge >= 0.3 is 0 Å². The maximum atomic E-state index is 5.89. The van der Waals surface area contributed by atoms with E-state index in [0.717, 1.165) is 24.1 Å². The molecule has 0 N–H and O–H groups in total. The molecule has 0 atom stereocenters. The highest BCUT2D eigenvalue weighted by Crippen LogP contribution is 2.46. The summed E-state index contributed by atoms with van der Waals surface area (Å²) in [6, 6.07) is 8.67. The number of fused-ring (bicyclic) bond motifs is 2. The lowest BCUT2D eigenvalue weighted by molar-refractivity contribution is 0.365. The van der Waals surface area contributed by atoms with E-state index in [1.54, 1.807) is 0 Å². The van der Waals surface area contributed by atoms with E-state index in [2.05, 4.69) is 30.8 Å². The number of hydrogen-bond donors (Lipinski definition) is 0. The van der Waals surface area contributed by atoms with Crippen LogP contribution in [-0.2, 0) is 0 Å².